The first-order valence-electron chi connectivity index (χ1n) is 9.04. The van der Waals surface area contributed by atoms with E-state index in [4.69, 9.17) is 4.74 Å². The summed E-state index contributed by atoms with van der Waals surface area (Å²) >= 11 is 2.14. The van der Waals surface area contributed by atoms with Crippen LogP contribution in [0.5, 0.6) is 0 Å². The quantitative estimate of drug-likeness (QED) is 0.425. The number of halogens is 4. The van der Waals surface area contributed by atoms with Crippen LogP contribution in [0.3, 0.4) is 0 Å². The van der Waals surface area contributed by atoms with Crippen LogP contribution in [-0.4, -0.2) is 18.6 Å². The van der Waals surface area contributed by atoms with Gasteiger partial charge in [0.25, 0.3) is 0 Å². The number of urea groups is 1. The van der Waals surface area contributed by atoms with Gasteiger partial charge in [0, 0.05) is 9.27 Å². The molecule has 0 saturated heterocycles. The van der Waals surface area contributed by atoms with Crippen molar-refractivity contribution in [2.24, 2.45) is 0 Å². The summed E-state index contributed by atoms with van der Waals surface area (Å²) in [5, 5.41) is 2.72. The molecule has 1 aliphatic rings. The molecule has 1 heterocycles. The summed E-state index contributed by atoms with van der Waals surface area (Å²) in [5.74, 6) is -0.643. The highest BCUT2D eigenvalue weighted by Crippen LogP contribution is 2.37. The lowest BCUT2D eigenvalue weighted by molar-refractivity contribution is -0.139. The molecule has 3 rings (SSSR count). The molecule has 0 radical (unpaired) electrons. The summed E-state index contributed by atoms with van der Waals surface area (Å²) in [6.07, 6.45) is -4.56. The largest absolute Gasteiger partial charge is 0.463 e. The molecule has 2 aromatic rings. The minimum absolute atomic E-state index is 0.00248. The lowest BCUT2D eigenvalue weighted by Gasteiger charge is -2.35. The second-order valence-electron chi connectivity index (χ2n) is 6.54. The number of ether oxygens (including phenoxy) is 1. The molecule has 0 saturated carbocycles. The Bertz CT molecular complexity index is 1000. The van der Waals surface area contributed by atoms with Gasteiger partial charge in [-0.2, -0.15) is 13.2 Å². The van der Waals surface area contributed by atoms with Gasteiger partial charge in [-0.3, -0.25) is 4.90 Å². The number of benzene rings is 2. The Hall–Kier alpha value is -2.56. The molecule has 158 valence electrons. The molecule has 9 heteroatoms. The predicted octanol–water partition coefficient (Wildman–Crippen LogP) is 5.42. The zero-order chi connectivity index (χ0) is 22.1. The highest BCUT2D eigenvalue weighted by Gasteiger charge is 2.38. The number of hydrogen-bond acceptors (Lipinski definition) is 3. The maximum atomic E-state index is 13.1. The van der Waals surface area contributed by atoms with E-state index in [1.54, 1.807) is 19.1 Å². The van der Waals surface area contributed by atoms with Crippen molar-refractivity contribution in [3.63, 3.8) is 0 Å². The van der Waals surface area contributed by atoms with Crippen molar-refractivity contribution < 1.29 is 27.5 Å². The Morgan fingerprint density at radius 2 is 1.87 bits per heavy atom. The van der Waals surface area contributed by atoms with Crippen LogP contribution in [0.4, 0.5) is 23.7 Å². The van der Waals surface area contributed by atoms with E-state index in [1.165, 1.54) is 19.1 Å². The van der Waals surface area contributed by atoms with E-state index in [1.807, 2.05) is 12.1 Å². The molecule has 1 unspecified atom stereocenters. The minimum Gasteiger partial charge on any atom is -0.463 e. The average Bonchev–Trinajstić information content (AvgIpc) is 2.68. The van der Waals surface area contributed by atoms with Gasteiger partial charge >= 0.3 is 18.2 Å². The van der Waals surface area contributed by atoms with E-state index in [9.17, 15) is 22.8 Å². The molecule has 0 aliphatic carbocycles. The fourth-order valence-electron chi connectivity index (χ4n) is 3.25. The Labute approximate surface area is 185 Å². The highest BCUT2D eigenvalue weighted by molar-refractivity contribution is 14.1. The van der Waals surface area contributed by atoms with Crippen molar-refractivity contribution in [2.45, 2.75) is 26.1 Å². The molecule has 0 spiro atoms. The van der Waals surface area contributed by atoms with Crippen molar-refractivity contribution in [1.82, 2.24) is 5.32 Å². The van der Waals surface area contributed by atoms with Crippen LogP contribution < -0.4 is 10.2 Å². The van der Waals surface area contributed by atoms with E-state index in [0.29, 0.717) is 5.56 Å². The SMILES string of the molecule is CCOC(=O)C1=C(C)N(c2cccc(C(F)(F)F)c2)C(=O)NC1c1ccc(I)cc1. The number of allylic oxidation sites excluding steroid dienone is 1. The Morgan fingerprint density at radius 1 is 1.20 bits per heavy atom. The van der Waals surface area contributed by atoms with Crippen LogP contribution in [0, 0.1) is 3.57 Å². The zero-order valence-electron chi connectivity index (χ0n) is 16.1. The number of hydrogen-bond donors (Lipinski definition) is 1. The maximum Gasteiger partial charge on any atom is 0.416 e. The third-order valence-electron chi connectivity index (χ3n) is 4.62. The molecule has 2 aromatic carbocycles. The molecule has 0 fully saturated rings. The second kappa shape index (κ2) is 8.66. The van der Waals surface area contributed by atoms with Crippen molar-refractivity contribution in [1.29, 1.82) is 0 Å². The Morgan fingerprint density at radius 3 is 2.47 bits per heavy atom. The maximum absolute atomic E-state index is 13.1. The third kappa shape index (κ3) is 4.45. The number of amides is 2. The molecule has 1 atom stereocenters. The molecular weight excluding hydrogens is 512 g/mol. The lowest BCUT2D eigenvalue weighted by Crippen LogP contribution is -2.48. The van der Waals surface area contributed by atoms with Crippen LogP contribution in [0.15, 0.2) is 59.8 Å². The molecule has 0 aromatic heterocycles. The smallest absolute Gasteiger partial charge is 0.416 e. The van der Waals surface area contributed by atoms with Crippen molar-refractivity contribution in [3.8, 4) is 0 Å². The molecular formula is C21H18F3IN2O3. The van der Waals surface area contributed by atoms with Crippen LogP contribution in [0.25, 0.3) is 0 Å². The highest BCUT2D eigenvalue weighted by atomic mass is 127. The summed E-state index contributed by atoms with van der Waals surface area (Å²) in [7, 11) is 0. The number of carbonyl (C=O) groups is 2. The van der Waals surface area contributed by atoms with Gasteiger partial charge in [0.2, 0.25) is 0 Å². The summed E-state index contributed by atoms with van der Waals surface area (Å²) in [5.41, 5.74) is 0.144. The number of alkyl halides is 3. The zero-order valence-corrected chi connectivity index (χ0v) is 18.2. The number of rotatable bonds is 4. The average molecular weight is 530 g/mol. The fourth-order valence-corrected chi connectivity index (χ4v) is 3.61. The molecule has 2 amide bonds. The normalized spacial score (nSPS) is 17.1. The van der Waals surface area contributed by atoms with Gasteiger partial charge in [0.15, 0.2) is 0 Å². The van der Waals surface area contributed by atoms with E-state index in [2.05, 4.69) is 27.9 Å². The first-order chi connectivity index (χ1) is 14.1. The van der Waals surface area contributed by atoms with Crippen LogP contribution in [-0.2, 0) is 15.7 Å². The minimum atomic E-state index is -4.56. The Kier molecular flexibility index (Phi) is 6.39. The van der Waals surface area contributed by atoms with Crippen molar-refractivity contribution >= 4 is 40.3 Å². The first-order valence-corrected chi connectivity index (χ1v) is 10.1. The van der Waals surface area contributed by atoms with Crippen molar-refractivity contribution in [2.75, 3.05) is 11.5 Å². The monoisotopic (exact) mass is 530 g/mol. The van der Waals surface area contributed by atoms with E-state index in [-0.39, 0.29) is 23.6 Å². The summed E-state index contributed by atoms with van der Waals surface area (Å²) < 4.78 is 45.6. The number of anilines is 1. The molecule has 30 heavy (non-hydrogen) atoms. The second-order valence-corrected chi connectivity index (χ2v) is 7.78. The topological polar surface area (TPSA) is 58.6 Å². The van der Waals surface area contributed by atoms with Crippen LogP contribution >= 0.6 is 22.6 Å². The number of nitrogens with one attached hydrogen (secondary N) is 1. The molecule has 0 bridgehead atoms. The number of carbonyl (C=O) groups excluding carboxylic acids is 2. The van der Waals surface area contributed by atoms with E-state index in [0.717, 1.165) is 20.6 Å². The van der Waals surface area contributed by atoms with Gasteiger partial charge in [-0.1, -0.05) is 18.2 Å². The molecule has 1 N–H and O–H groups in total. The predicted molar refractivity (Wildman–Crippen MR) is 114 cm³/mol. The molecule has 1 aliphatic heterocycles. The van der Waals surface area contributed by atoms with Gasteiger partial charge in [0.05, 0.1) is 29.5 Å². The third-order valence-corrected chi connectivity index (χ3v) is 5.33. The van der Waals surface area contributed by atoms with Crippen molar-refractivity contribution in [3.05, 3.63) is 74.5 Å². The van der Waals surface area contributed by atoms with Gasteiger partial charge in [-0.15, -0.1) is 0 Å². The van der Waals surface area contributed by atoms with Gasteiger partial charge in [-0.05, 0) is 72.3 Å². The number of esters is 1. The summed E-state index contributed by atoms with van der Waals surface area (Å²) in [6, 6.07) is 10.2. The van der Waals surface area contributed by atoms with Gasteiger partial charge in [0.1, 0.15) is 0 Å². The fraction of sp³-hybridized carbons (Fsp3) is 0.238. The molecule has 5 nitrogen and oxygen atoms in total. The lowest BCUT2D eigenvalue weighted by atomic mass is 9.94. The standard InChI is InChI=1S/C21H18F3IN2O3/c1-3-30-19(28)17-12(2)27(16-6-4-5-14(11-16)21(22,23)24)20(29)26-18(17)13-7-9-15(25)10-8-13/h4-11,18H,3H2,1-2H3,(H,26,29). The van der Waals surface area contributed by atoms with Gasteiger partial charge in [-0.25, -0.2) is 9.59 Å². The van der Waals surface area contributed by atoms with Crippen LogP contribution in [0.1, 0.15) is 31.0 Å². The van der Waals surface area contributed by atoms with E-state index >= 15 is 0 Å². The van der Waals surface area contributed by atoms with Gasteiger partial charge < -0.3 is 10.1 Å². The summed E-state index contributed by atoms with van der Waals surface area (Å²) in [4.78, 5) is 26.7. The number of nitrogens with zero attached hydrogens (tertiary/aromatic N) is 1. The first kappa shape index (κ1) is 22.1. The summed E-state index contributed by atoms with van der Waals surface area (Å²) in [6.45, 7) is 3.29. The van der Waals surface area contributed by atoms with Crippen LogP contribution in [0.2, 0.25) is 0 Å². The Balaban J connectivity index is 2.13. The van der Waals surface area contributed by atoms with E-state index < -0.39 is 29.8 Å².